The van der Waals surface area contributed by atoms with Gasteiger partial charge in [-0.25, -0.2) is 9.59 Å². The van der Waals surface area contributed by atoms with E-state index in [1.807, 2.05) is 51.1 Å². The van der Waals surface area contributed by atoms with Crippen molar-refractivity contribution in [2.45, 2.75) is 59.3 Å². The van der Waals surface area contributed by atoms with Crippen molar-refractivity contribution in [3.63, 3.8) is 0 Å². The largest absolute Gasteiger partial charge is 0.445 e. The SMILES string of the molecule is CC(C)C[C@@H](CN1CCN(C(=O)OCc2ccccc2)CC1)NC(=O)OC(C)(C)C. The number of hydrogen-bond acceptors (Lipinski definition) is 5. The third kappa shape index (κ3) is 9.03. The zero-order valence-electron chi connectivity index (χ0n) is 19.0. The lowest BCUT2D eigenvalue weighted by Gasteiger charge is -2.36. The standard InChI is InChI=1S/C23H37N3O4/c1-18(2)15-20(24-21(27)30-23(3,4)5)16-25-11-13-26(14-12-25)22(28)29-17-19-9-7-6-8-10-19/h6-10,18,20H,11-17H2,1-5H3,(H,24,27)/t20-/m0/s1. The Morgan fingerprint density at radius 2 is 1.70 bits per heavy atom. The number of rotatable bonds is 7. The Hall–Kier alpha value is -2.28. The molecule has 0 saturated carbocycles. The maximum atomic E-state index is 12.3. The zero-order valence-corrected chi connectivity index (χ0v) is 19.0. The molecule has 1 aliphatic heterocycles. The Balaban J connectivity index is 1.78. The fourth-order valence-electron chi connectivity index (χ4n) is 3.46. The van der Waals surface area contributed by atoms with E-state index in [0.29, 0.717) is 19.0 Å². The van der Waals surface area contributed by atoms with Crippen LogP contribution in [0.15, 0.2) is 30.3 Å². The third-order valence-electron chi connectivity index (χ3n) is 4.79. The molecule has 2 rings (SSSR count). The Morgan fingerprint density at radius 3 is 2.27 bits per heavy atom. The van der Waals surface area contributed by atoms with E-state index in [1.165, 1.54) is 0 Å². The molecule has 7 nitrogen and oxygen atoms in total. The van der Waals surface area contributed by atoms with E-state index >= 15 is 0 Å². The van der Waals surface area contributed by atoms with Crippen LogP contribution in [0.4, 0.5) is 9.59 Å². The first kappa shape index (κ1) is 24.0. The summed E-state index contributed by atoms with van der Waals surface area (Å²) in [5.74, 6) is 0.458. The topological polar surface area (TPSA) is 71.1 Å². The highest BCUT2D eigenvalue weighted by Gasteiger charge is 2.26. The van der Waals surface area contributed by atoms with Crippen LogP contribution in [-0.2, 0) is 16.1 Å². The van der Waals surface area contributed by atoms with Gasteiger partial charge in [-0.3, -0.25) is 4.90 Å². The van der Waals surface area contributed by atoms with E-state index in [2.05, 4.69) is 24.1 Å². The molecule has 0 radical (unpaired) electrons. The van der Waals surface area contributed by atoms with Gasteiger partial charge in [0.15, 0.2) is 0 Å². The quantitative estimate of drug-likeness (QED) is 0.726. The van der Waals surface area contributed by atoms with Crippen LogP contribution in [0.25, 0.3) is 0 Å². The Kier molecular flexibility index (Phi) is 8.96. The smallest absolute Gasteiger partial charge is 0.410 e. The first-order chi connectivity index (χ1) is 14.1. The molecule has 1 fully saturated rings. The average molecular weight is 420 g/mol. The van der Waals surface area contributed by atoms with Crippen LogP contribution in [0.2, 0.25) is 0 Å². The van der Waals surface area contributed by atoms with Gasteiger partial charge in [-0.15, -0.1) is 0 Å². The van der Waals surface area contributed by atoms with Crippen LogP contribution in [0.1, 0.15) is 46.6 Å². The van der Waals surface area contributed by atoms with Gasteiger partial charge in [0.1, 0.15) is 12.2 Å². The van der Waals surface area contributed by atoms with E-state index in [4.69, 9.17) is 9.47 Å². The number of amides is 2. The maximum absolute atomic E-state index is 12.3. The van der Waals surface area contributed by atoms with E-state index in [9.17, 15) is 9.59 Å². The van der Waals surface area contributed by atoms with Gasteiger partial charge in [0, 0.05) is 38.8 Å². The summed E-state index contributed by atoms with van der Waals surface area (Å²) in [6.07, 6.45) is 0.221. The Bertz CT molecular complexity index is 665. The number of nitrogens with zero attached hydrogens (tertiary/aromatic N) is 2. The van der Waals surface area contributed by atoms with E-state index < -0.39 is 5.60 Å². The van der Waals surface area contributed by atoms with Crippen molar-refractivity contribution in [2.24, 2.45) is 5.92 Å². The minimum Gasteiger partial charge on any atom is -0.445 e. The van der Waals surface area contributed by atoms with Gasteiger partial charge < -0.3 is 19.7 Å². The van der Waals surface area contributed by atoms with Crippen molar-refractivity contribution in [3.8, 4) is 0 Å². The van der Waals surface area contributed by atoms with Crippen LogP contribution >= 0.6 is 0 Å². The molecule has 7 heteroatoms. The number of nitrogens with one attached hydrogen (secondary N) is 1. The molecule has 1 saturated heterocycles. The minimum atomic E-state index is -0.516. The maximum Gasteiger partial charge on any atom is 0.410 e. The summed E-state index contributed by atoms with van der Waals surface area (Å²) >= 11 is 0. The molecular weight excluding hydrogens is 382 g/mol. The normalized spacial score (nSPS) is 16.3. The second-order valence-corrected chi connectivity index (χ2v) is 9.30. The molecule has 1 heterocycles. The Labute approximate surface area is 180 Å². The predicted molar refractivity (Wildman–Crippen MR) is 117 cm³/mol. The van der Waals surface area contributed by atoms with E-state index in [-0.39, 0.29) is 24.8 Å². The molecule has 0 unspecified atom stereocenters. The summed E-state index contributed by atoms with van der Waals surface area (Å²) in [4.78, 5) is 28.6. The molecule has 1 aromatic rings. The van der Waals surface area contributed by atoms with Gasteiger partial charge in [0.25, 0.3) is 0 Å². The molecule has 0 aliphatic carbocycles. The molecule has 0 spiro atoms. The van der Waals surface area contributed by atoms with Crippen LogP contribution in [0, 0.1) is 5.92 Å². The molecule has 1 atom stereocenters. The number of hydrogen-bond donors (Lipinski definition) is 1. The monoisotopic (exact) mass is 419 g/mol. The van der Waals surface area contributed by atoms with Crippen molar-refractivity contribution in [3.05, 3.63) is 35.9 Å². The second-order valence-electron chi connectivity index (χ2n) is 9.30. The van der Waals surface area contributed by atoms with E-state index in [1.54, 1.807) is 4.90 Å². The summed E-state index contributed by atoms with van der Waals surface area (Å²) in [6.45, 7) is 13.6. The minimum absolute atomic E-state index is 0.0106. The third-order valence-corrected chi connectivity index (χ3v) is 4.79. The van der Waals surface area contributed by atoms with Gasteiger partial charge in [-0.1, -0.05) is 44.2 Å². The van der Waals surface area contributed by atoms with Gasteiger partial charge >= 0.3 is 12.2 Å². The van der Waals surface area contributed by atoms with Crippen LogP contribution in [-0.4, -0.2) is 66.4 Å². The molecular formula is C23H37N3O4. The van der Waals surface area contributed by atoms with Crippen molar-refractivity contribution >= 4 is 12.2 Å². The molecule has 0 bridgehead atoms. The molecule has 1 N–H and O–H groups in total. The van der Waals surface area contributed by atoms with Gasteiger partial charge in [0.2, 0.25) is 0 Å². The highest BCUT2D eigenvalue weighted by atomic mass is 16.6. The van der Waals surface area contributed by atoms with Crippen molar-refractivity contribution in [1.82, 2.24) is 15.1 Å². The number of alkyl carbamates (subject to hydrolysis) is 1. The summed E-state index contributed by atoms with van der Waals surface area (Å²) < 4.78 is 10.8. The van der Waals surface area contributed by atoms with E-state index in [0.717, 1.165) is 31.6 Å². The second kappa shape index (κ2) is 11.2. The summed E-state index contributed by atoms with van der Waals surface area (Å²) in [5.41, 5.74) is 0.465. The number of benzene rings is 1. The van der Waals surface area contributed by atoms with Crippen molar-refractivity contribution < 1.29 is 19.1 Å². The average Bonchev–Trinajstić information content (AvgIpc) is 2.65. The van der Waals surface area contributed by atoms with Crippen molar-refractivity contribution in [1.29, 1.82) is 0 Å². The fourth-order valence-corrected chi connectivity index (χ4v) is 3.46. The van der Waals surface area contributed by atoms with Gasteiger partial charge in [-0.2, -0.15) is 0 Å². The number of ether oxygens (including phenoxy) is 2. The molecule has 30 heavy (non-hydrogen) atoms. The summed E-state index contributed by atoms with van der Waals surface area (Å²) in [7, 11) is 0. The molecule has 1 aliphatic rings. The predicted octanol–water partition coefficient (Wildman–Crippen LogP) is 3.88. The number of piperazine rings is 1. The molecule has 0 aromatic heterocycles. The van der Waals surface area contributed by atoms with Crippen LogP contribution < -0.4 is 5.32 Å². The fraction of sp³-hybridized carbons (Fsp3) is 0.652. The highest BCUT2D eigenvalue weighted by Crippen LogP contribution is 2.12. The highest BCUT2D eigenvalue weighted by molar-refractivity contribution is 5.68. The molecule has 1 aromatic carbocycles. The molecule has 168 valence electrons. The van der Waals surface area contributed by atoms with Gasteiger partial charge in [0.05, 0.1) is 0 Å². The zero-order chi connectivity index (χ0) is 22.1. The lowest BCUT2D eigenvalue weighted by molar-refractivity contribution is 0.0463. The first-order valence-corrected chi connectivity index (χ1v) is 10.8. The summed E-state index contributed by atoms with van der Waals surface area (Å²) in [6, 6.07) is 9.70. The number of carbonyl (C=O) groups excluding carboxylic acids is 2. The van der Waals surface area contributed by atoms with Crippen LogP contribution in [0.3, 0.4) is 0 Å². The first-order valence-electron chi connectivity index (χ1n) is 10.8. The van der Waals surface area contributed by atoms with Crippen LogP contribution in [0.5, 0.6) is 0 Å². The Morgan fingerprint density at radius 1 is 1.07 bits per heavy atom. The lowest BCUT2D eigenvalue weighted by atomic mass is 10.0. The van der Waals surface area contributed by atoms with Gasteiger partial charge in [-0.05, 0) is 38.7 Å². The summed E-state index contributed by atoms with van der Waals surface area (Å²) in [5, 5.41) is 3.02. The lowest BCUT2D eigenvalue weighted by Crippen LogP contribution is -2.53. The number of carbonyl (C=O) groups is 2. The molecule has 2 amide bonds. The van der Waals surface area contributed by atoms with Crippen molar-refractivity contribution in [2.75, 3.05) is 32.7 Å².